The molecule has 1 aliphatic heterocycles. The van der Waals surface area contributed by atoms with E-state index in [1.54, 1.807) is 0 Å². The predicted molar refractivity (Wildman–Crippen MR) is 121 cm³/mol. The lowest BCUT2D eigenvalue weighted by Crippen LogP contribution is -2.49. The van der Waals surface area contributed by atoms with Crippen LogP contribution in [0.5, 0.6) is 0 Å². The van der Waals surface area contributed by atoms with Gasteiger partial charge in [0.05, 0.1) is 6.04 Å². The standard InChI is InChI=1S/C23H30FN5O2/c1-27(2)20-10-4-17(5-11-20)21(29-14-12-28(3)13-15-29)16-25-22(30)23(31)26-19-8-6-18(24)7-9-19/h4-11,21H,12-16H2,1-3H3,(H,25,30)(H,26,31). The molecule has 1 unspecified atom stereocenters. The van der Waals surface area contributed by atoms with E-state index in [-0.39, 0.29) is 6.04 Å². The van der Waals surface area contributed by atoms with Crippen molar-refractivity contribution in [1.29, 1.82) is 0 Å². The summed E-state index contributed by atoms with van der Waals surface area (Å²) in [5, 5.41) is 5.26. The summed E-state index contributed by atoms with van der Waals surface area (Å²) in [4.78, 5) is 31.3. The van der Waals surface area contributed by atoms with E-state index in [0.29, 0.717) is 12.2 Å². The number of rotatable bonds is 6. The smallest absolute Gasteiger partial charge is 0.313 e. The molecule has 0 aromatic heterocycles. The van der Waals surface area contributed by atoms with Gasteiger partial charge in [-0.2, -0.15) is 0 Å². The van der Waals surface area contributed by atoms with Crippen LogP contribution < -0.4 is 15.5 Å². The molecule has 3 rings (SSSR count). The number of halogens is 1. The molecule has 1 fully saturated rings. The SMILES string of the molecule is CN1CCN(C(CNC(=O)C(=O)Nc2ccc(F)cc2)c2ccc(N(C)C)cc2)CC1. The number of benzene rings is 2. The van der Waals surface area contributed by atoms with Crippen molar-refractivity contribution < 1.29 is 14.0 Å². The van der Waals surface area contributed by atoms with E-state index in [0.717, 1.165) is 37.4 Å². The fourth-order valence-electron chi connectivity index (χ4n) is 3.58. The number of carbonyl (C=O) groups excluding carboxylic acids is 2. The highest BCUT2D eigenvalue weighted by Crippen LogP contribution is 2.24. The number of piperazine rings is 1. The molecule has 2 aromatic carbocycles. The van der Waals surface area contributed by atoms with Crippen LogP contribution in [-0.4, -0.2) is 75.5 Å². The van der Waals surface area contributed by atoms with Gasteiger partial charge in [-0.25, -0.2) is 4.39 Å². The number of anilines is 2. The zero-order valence-electron chi connectivity index (χ0n) is 18.3. The lowest BCUT2D eigenvalue weighted by Gasteiger charge is -2.38. The minimum Gasteiger partial charge on any atom is -0.378 e. The zero-order chi connectivity index (χ0) is 22.4. The Hall–Kier alpha value is -2.97. The van der Waals surface area contributed by atoms with Crippen LogP contribution in [0.2, 0.25) is 0 Å². The molecule has 0 aliphatic carbocycles. The topological polar surface area (TPSA) is 67.9 Å². The molecule has 7 nitrogen and oxygen atoms in total. The highest BCUT2D eigenvalue weighted by molar-refractivity contribution is 6.39. The number of hydrogen-bond donors (Lipinski definition) is 2. The highest BCUT2D eigenvalue weighted by atomic mass is 19.1. The van der Waals surface area contributed by atoms with E-state index < -0.39 is 17.6 Å². The minimum absolute atomic E-state index is 0.0347. The van der Waals surface area contributed by atoms with Crippen molar-refractivity contribution in [3.05, 3.63) is 59.9 Å². The fraction of sp³-hybridized carbons (Fsp3) is 0.391. The molecule has 0 spiro atoms. The first-order valence-electron chi connectivity index (χ1n) is 10.4. The summed E-state index contributed by atoms with van der Waals surface area (Å²) in [6, 6.07) is 13.5. The maximum absolute atomic E-state index is 13.0. The molecule has 2 amide bonds. The van der Waals surface area contributed by atoms with Crippen LogP contribution in [0.4, 0.5) is 15.8 Å². The molecule has 1 atom stereocenters. The summed E-state index contributed by atoms with van der Waals surface area (Å²) in [5.74, 6) is -1.89. The van der Waals surface area contributed by atoms with Crippen LogP contribution in [0.1, 0.15) is 11.6 Å². The van der Waals surface area contributed by atoms with Gasteiger partial charge in [-0.05, 0) is 49.0 Å². The molecule has 0 bridgehead atoms. The number of nitrogens with zero attached hydrogens (tertiary/aromatic N) is 3. The Bertz CT molecular complexity index is 878. The van der Waals surface area contributed by atoms with Gasteiger partial charge in [-0.1, -0.05) is 12.1 Å². The maximum atomic E-state index is 13.0. The molecule has 2 N–H and O–H groups in total. The lowest BCUT2D eigenvalue weighted by atomic mass is 10.0. The lowest BCUT2D eigenvalue weighted by molar-refractivity contribution is -0.136. The second-order valence-electron chi connectivity index (χ2n) is 8.01. The fourth-order valence-corrected chi connectivity index (χ4v) is 3.58. The molecule has 8 heteroatoms. The third-order valence-corrected chi connectivity index (χ3v) is 5.54. The van der Waals surface area contributed by atoms with E-state index in [1.165, 1.54) is 24.3 Å². The van der Waals surface area contributed by atoms with Gasteiger partial charge in [0.1, 0.15) is 5.82 Å². The molecule has 31 heavy (non-hydrogen) atoms. The summed E-state index contributed by atoms with van der Waals surface area (Å²) in [6.07, 6.45) is 0. The van der Waals surface area contributed by atoms with Gasteiger partial charge in [0, 0.05) is 58.2 Å². The van der Waals surface area contributed by atoms with Gasteiger partial charge >= 0.3 is 11.8 Å². The Morgan fingerprint density at radius 3 is 2.16 bits per heavy atom. The summed E-state index contributed by atoms with van der Waals surface area (Å²) in [5.41, 5.74) is 2.56. The molecule has 166 valence electrons. The van der Waals surface area contributed by atoms with Gasteiger partial charge in [-0.15, -0.1) is 0 Å². The van der Waals surface area contributed by atoms with Gasteiger partial charge < -0.3 is 20.4 Å². The van der Waals surface area contributed by atoms with Crippen LogP contribution in [0.15, 0.2) is 48.5 Å². The van der Waals surface area contributed by atoms with Crippen molar-refractivity contribution in [1.82, 2.24) is 15.1 Å². The van der Waals surface area contributed by atoms with Crippen LogP contribution in [0.25, 0.3) is 0 Å². The normalized spacial score (nSPS) is 15.9. The van der Waals surface area contributed by atoms with Crippen molar-refractivity contribution in [2.24, 2.45) is 0 Å². The number of amides is 2. The van der Waals surface area contributed by atoms with Gasteiger partial charge in [-0.3, -0.25) is 14.5 Å². The number of likely N-dealkylation sites (N-methyl/N-ethyl adjacent to an activating group) is 1. The second kappa shape index (κ2) is 10.4. The summed E-state index contributed by atoms with van der Waals surface area (Å²) in [6.45, 7) is 3.99. The van der Waals surface area contributed by atoms with Crippen molar-refractivity contribution in [2.45, 2.75) is 6.04 Å². The first-order valence-corrected chi connectivity index (χ1v) is 10.4. The molecular formula is C23H30FN5O2. The van der Waals surface area contributed by atoms with Crippen molar-refractivity contribution in [2.75, 3.05) is 64.1 Å². The Labute approximate surface area is 182 Å². The number of carbonyl (C=O) groups is 2. The van der Waals surface area contributed by atoms with Crippen LogP contribution >= 0.6 is 0 Å². The Morgan fingerprint density at radius 2 is 1.58 bits per heavy atom. The first kappa shape index (κ1) is 22.7. The summed E-state index contributed by atoms with van der Waals surface area (Å²) in [7, 11) is 6.08. The number of nitrogens with one attached hydrogen (secondary N) is 2. The number of hydrogen-bond acceptors (Lipinski definition) is 5. The van der Waals surface area contributed by atoms with E-state index in [2.05, 4.69) is 51.7 Å². The predicted octanol–water partition coefficient (Wildman–Crippen LogP) is 1.94. The molecule has 0 saturated carbocycles. The second-order valence-corrected chi connectivity index (χ2v) is 8.01. The summed E-state index contributed by atoms with van der Waals surface area (Å²) >= 11 is 0. The average molecular weight is 428 g/mol. The third kappa shape index (κ3) is 6.26. The molecular weight excluding hydrogens is 397 g/mol. The molecule has 1 heterocycles. The highest BCUT2D eigenvalue weighted by Gasteiger charge is 2.25. The third-order valence-electron chi connectivity index (χ3n) is 5.54. The van der Waals surface area contributed by atoms with Crippen molar-refractivity contribution in [3.63, 3.8) is 0 Å². The first-order chi connectivity index (χ1) is 14.8. The van der Waals surface area contributed by atoms with Gasteiger partial charge in [0.15, 0.2) is 0 Å². The largest absolute Gasteiger partial charge is 0.378 e. The molecule has 1 aliphatic rings. The minimum atomic E-state index is -0.772. The summed E-state index contributed by atoms with van der Waals surface area (Å²) < 4.78 is 13.0. The van der Waals surface area contributed by atoms with E-state index in [4.69, 9.17) is 0 Å². The van der Waals surface area contributed by atoms with Crippen molar-refractivity contribution in [3.8, 4) is 0 Å². The van der Waals surface area contributed by atoms with Crippen molar-refractivity contribution >= 4 is 23.2 Å². The van der Waals surface area contributed by atoms with Gasteiger partial charge in [0.25, 0.3) is 0 Å². The molecule has 2 aromatic rings. The van der Waals surface area contributed by atoms with E-state index in [9.17, 15) is 14.0 Å². The van der Waals surface area contributed by atoms with Crippen LogP contribution in [0.3, 0.4) is 0 Å². The Morgan fingerprint density at radius 1 is 0.968 bits per heavy atom. The molecule has 1 saturated heterocycles. The van der Waals surface area contributed by atoms with E-state index in [1.807, 2.05) is 19.0 Å². The monoisotopic (exact) mass is 427 g/mol. The van der Waals surface area contributed by atoms with Crippen LogP contribution in [-0.2, 0) is 9.59 Å². The van der Waals surface area contributed by atoms with Gasteiger partial charge in [0.2, 0.25) is 0 Å². The maximum Gasteiger partial charge on any atom is 0.313 e. The quantitative estimate of drug-likeness (QED) is 0.690. The van der Waals surface area contributed by atoms with Crippen LogP contribution in [0, 0.1) is 5.82 Å². The molecule has 0 radical (unpaired) electrons. The average Bonchev–Trinajstić information content (AvgIpc) is 2.76. The van der Waals surface area contributed by atoms with E-state index >= 15 is 0 Å². The Kier molecular flexibility index (Phi) is 7.59. The Balaban J connectivity index is 1.66. The zero-order valence-corrected chi connectivity index (χ0v) is 18.3.